The van der Waals surface area contributed by atoms with Gasteiger partial charge in [-0.15, -0.1) is 0 Å². The zero-order valence-electron chi connectivity index (χ0n) is 18.0. The van der Waals surface area contributed by atoms with E-state index in [1.54, 1.807) is 0 Å². The molecule has 1 aliphatic carbocycles. The Bertz CT molecular complexity index is 891. The van der Waals surface area contributed by atoms with Crippen molar-refractivity contribution in [2.75, 3.05) is 29.1 Å². The lowest BCUT2D eigenvalue weighted by molar-refractivity contribution is -0.117. The number of amides is 2. The topological polar surface area (TPSA) is 79.5 Å². The van der Waals surface area contributed by atoms with Gasteiger partial charge in [0.1, 0.15) is 5.75 Å². The first-order valence-electron chi connectivity index (χ1n) is 10.6. The normalized spacial score (nSPS) is 13.1. The molecule has 0 atom stereocenters. The second-order valence-electron chi connectivity index (χ2n) is 8.20. The largest absolute Gasteiger partial charge is 0.494 e. The van der Waals surface area contributed by atoms with Gasteiger partial charge < -0.3 is 20.7 Å². The molecule has 2 amide bonds. The highest BCUT2D eigenvalue weighted by molar-refractivity contribution is 5.98. The highest BCUT2D eigenvalue weighted by Crippen LogP contribution is 2.31. The fourth-order valence-electron chi connectivity index (χ4n) is 2.97. The first kappa shape index (κ1) is 21.7. The lowest BCUT2D eigenvalue weighted by Gasteiger charge is -2.14. The molecular weight excluding hydrogens is 378 g/mol. The molecule has 0 radical (unpaired) electrons. The molecule has 0 heterocycles. The number of carbonyl (C=O) groups is 2. The molecule has 160 valence electrons. The van der Waals surface area contributed by atoms with E-state index < -0.39 is 0 Å². The average Bonchev–Trinajstić information content (AvgIpc) is 3.55. The minimum Gasteiger partial charge on any atom is -0.494 e. The molecule has 2 aromatic rings. The van der Waals surface area contributed by atoms with Gasteiger partial charge in [-0.2, -0.15) is 0 Å². The van der Waals surface area contributed by atoms with Crippen molar-refractivity contribution in [1.82, 2.24) is 0 Å². The van der Waals surface area contributed by atoms with Crippen molar-refractivity contribution in [2.45, 2.75) is 40.0 Å². The summed E-state index contributed by atoms with van der Waals surface area (Å²) in [6.07, 6.45) is 2.91. The van der Waals surface area contributed by atoms with Crippen molar-refractivity contribution in [3.63, 3.8) is 0 Å². The summed E-state index contributed by atoms with van der Waals surface area (Å²) in [5.41, 5.74) is 3.11. The van der Waals surface area contributed by atoms with Crippen molar-refractivity contribution < 1.29 is 14.3 Å². The summed E-state index contributed by atoms with van der Waals surface area (Å²) >= 11 is 0. The van der Waals surface area contributed by atoms with E-state index in [1.807, 2.05) is 49.4 Å². The van der Waals surface area contributed by atoms with Gasteiger partial charge in [-0.05, 0) is 61.9 Å². The maximum Gasteiger partial charge on any atom is 0.243 e. The van der Waals surface area contributed by atoms with Gasteiger partial charge in [-0.1, -0.05) is 26.0 Å². The van der Waals surface area contributed by atoms with Crippen LogP contribution in [-0.2, 0) is 9.59 Å². The second-order valence-corrected chi connectivity index (χ2v) is 8.20. The van der Waals surface area contributed by atoms with E-state index in [0.29, 0.717) is 18.2 Å². The third-order valence-electron chi connectivity index (χ3n) is 5.06. The van der Waals surface area contributed by atoms with Crippen LogP contribution >= 0.6 is 0 Å². The van der Waals surface area contributed by atoms with Crippen LogP contribution in [0.3, 0.4) is 0 Å². The third-order valence-corrected chi connectivity index (χ3v) is 5.06. The molecule has 0 unspecified atom stereocenters. The standard InChI is InChI=1S/C24H31N3O3/c1-16(2)12-13-30-20-7-4-6-19(14-20)25-15-23(28)26-21-8-5-9-22(17(21)3)27-24(29)18-10-11-18/h4-9,14,16,18,25H,10-13,15H2,1-3H3,(H,26,28)(H,27,29). The van der Waals surface area contributed by atoms with Gasteiger partial charge in [0.05, 0.1) is 13.2 Å². The van der Waals surface area contributed by atoms with Crippen LogP contribution in [0.4, 0.5) is 17.1 Å². The summed E-state index contributed by atoms with van der Waals surface area (Å²) in [5.74, 6) is 1.42. The van der Waals surface area contributed by atoms with Crippen LogP contribution in [0.15, 0.2) is 42.5 Å². The lowest BCUT2D eigenvalue weighted by atomic mass is 10.1. The van der Waals surface area contributed by atoms with E-state index in [4.69, 9.17) is 4.74 Å². The Morgan fingerprint density at radius 3 is 2.47 bits per heavy atom. The molecule has 30 heavy (non-hydrogen) atoms. The number of anilines is 3. The Balaban J connectivity index is 1.51. The van der Waals surface area contributed by atoms with Gasteiger partial charge in [0.25, 0.3) is 0 Å². The van der Waals surface area contributed by atoms with Crippen molar-refractivity contribution in [2.24, 2.45) is 11.8 Å². The van der Waals surface area contributed by atoms with Crippen LogP contribution in [0, 0.1) is 18.8 Å². The van der Waals surface area contributed by atoms with Gasteiger partial charge in [-0.25, -0.2) is 0 Å². The van der Waals surface area contributed by atoms with Crippen LogP contribution in [-0.4, -0.2) is 25.0 Å². The minimum absolute atomic E-state index is 0.0544. The number of rotatable bonds is 10. The molecule has 6 heteroatoms. The maximum absolute atomic E-state index is 12.4. The number of hydrogen-bond donors (Lipinski definition) is 3. The summed E-state index contributed by atoms with van der Waals surface area (Å²) in [5, 5.41) is 9.00. The van der Waals surface area contributed by atoms with Crippen molar-refractivity contribution in [3.8, 4) is 5.75 Å². The van der Waals surface area contributed by atoms with Crippen molar-refractivity contribution in [1.29, 1.82) is 0 Å². The molecule has 1 saturated carbocycles. The van der Waals surface area contributed by atoms with Crippen molar-refractivity contribution >= 4 is 28.9 Å². The van der Waals surface area contributed by atoms with E-state index in [-0.39, 0.29) is 24.3 Å². The van der Waals surface area contributed by atoms with E-state index in [2.05, 4.69) is 29.8 Å². The Kier molecular flexibility index (Phi) is 7.33. The van der Waals surface area contributed by atoms with Gasteiger partial charge in [0.15, 0.2) is 0 Å². The molecule has 0 aromatic heterocycles. The van der Waals surface area contributed by atoms with Crippen LogP contribution in [0.5, 0.6) is 5.75 Å². The Morgan fingerprint density at radius 1 is 1.07 bits per heavy atom. The third kappa shape index (κ3) is 6.51. The predicted molar refractivity (Wildman–Crippen MR) is 121 cm³/mol. The monoisotopic (exact) mass is 409 g/mol. The molecule has 0 bridgehead atoms. The van der Waals surface area contributed by atoms with Gasteiger partial charge in [0, 0.05) is 29.0 Å². The Labute approximate surface area is 178 Å². The average molecular weight is 410 g/mol. The van der Waals surface area contributed by atoms with Gasteiger partial charge >= 0.3 is 0 Å². The molecule has 1 aliphatic rings. The SMILES string of the molecule is Cc1c(NC(=O)CNc2cccc(OCCC(C)C)c2)cccc1NC(=O)C1CC1. The molecule has 3 rings (SSSR count). The summed E-state index contributed by atoms with van der Waals surface area (Å²) < 4.78 is 5.77. The minimum atomic E-state index is -0.158. The quantitative estimate of drug-likeness (QED) is 0.526. The maximum atomic E-state index is 12.4. The zero-order valence-corrected chi connectivity index (χ0v) is 18.0. The van der Waals surface area contributed by atoms with Crippen LogP contribution < -0.4 is 20.7 Å². The molecule has 0 spiro atoms. The van der Waals surface area contributed by atoms with Crippen LogP contribution in [0.1, 0.15) is 38.7 Å². The highest BCUT2D eigenvalue weighted by atomic mass is 16.5. The van der Waals surface area contributed by atoms with Gasteiger partial charge in [-0.3, -0.25) is 9.59 Å². The van der Waals surface area contributed by atoms with Crippen LogP contribution in [0.25, 0.3) is 0 Å². The first-order valence-corrected chi connectivity index (χ1v) is 10.6. The predicted octanol–water partition coefficient (Wildman–Crippen LogP) is 4.82. The summed E-state index contributed by atoms with van der Waals surface area (Å²) in [6.45, 7) is 7.03. The summed E-state index contributed by atoms with van der Waals surface area (Å²) in [7, 11) is 0. The summed E-state index contributed by atoms with van der Waals surface area (Å²) in [4.78, 5) is 24.5. The number of nitrogens with one attached hydrogen (secondary N) is 3. The second kappa shape index (κ2) is 10.1. The Hall–Kier alpha value is -3.02. The molecule has 3 N–H and O–H groups in total. The fraction of sp³-hybridized carbons (Fsp3) is 0.417. The molecule has 0 saturated heterocycles. The number of benzene rings is 2. The van der Waals surface area contributed by atoms with Crippen molar-refractivity contribution in [3.05, 3.63) is 48.0 Å². The molecule has 6 nitrogen and oxygen atoms in total. The molecule has 2 aromatic carbocycles. The van der Waals surface area contributed by atoms with Crippen LogP contribution in [0.2, 0.25) is 0 Å². The number of hydrogen-bond acceptors (Lipinski definition) is 4. The van der Waals surface area contributed by atoms with E-state index in [0.717, 1.165) is 42.0 Å². The Morgan fingerprint density at radius 2 is 1.77 bits per heavy atom. The summed E-state index contributed by atoms with van der Waals surface area (Å²) in [6, 6.07) is 13.1. The van der Waals surface area contributed by atoms with E-state index >= 15 is 0 Å². The van der Waals surface area contributed by atoms with Gasteiger partial charge in [0.2, 0.25) is 11.8 Å². The fourth-order valence-corrected chi connectivity index (χ4v) is 2.97. The molecule has 0 aliphatic heterocycles. The smallest absolute Gasteiger partial charge is 0.243 e. The first-order chi connectivity index (χ1) is 14.4. The number of carbonyl (C=O) groups excluding carboxylic acids is 2. The molecular formula is C24H31N3O3. The molecule has 1 fully saturated rings. The van der Waals surface area contributed by atoms with E-state index in [9.17, 15) is 9.59 Å². The zero-order chi connectivity index (χ0) is 21.5. The highest BCUT2D eigenvalue weighted by Gasteiger charge is 2.29. The van der Waals surface area contributed by atoms with E-state index in [1.165, 1.54) is 0 Å². The lowest BCUT2D eigenvalue weighted by Crippen LogP contribution is -2.22. The number of ether oxygens (including phenoxy) is 1.